The number of hydrogen-bond acceptors (Lipinski definition) is 3. The van der Waals surface area contributed by atoms with Crippen LogP contribution in [0.3, 0.4) is 0 Å². The van der Waals surface area contributed by atoms with E-state index in [4.69, 9.17) is 0 Å². The first-order chi connectivity index (χ1) is 6.72. The second-order valence-corrected chi connectivity index (χ2v) is 4.83. The van der Waals surface area contributed by atoms with Crippen molar-refractivity contribution in [2.75, 3.05) is 18.6 Å². The number of amides is 1. The SMILES string of the molecule is CSCC(C)NC1CCCNC(=O)C1. The van der Waals surface area contributed by atoms with Gasteiger partial charge in [-0.1, -0.05) is 0 Å². The molecule has 0 spiro atoms. The van der Waals surface area contributed by atoms with Gasteiger partial charge in [-0.05, 0) is 26.0 Å². The van der Waals surface area contributed by atoms with E-state index < -0.39 is 0 Å². The van der Waals surface area contributed by atoms with Crippen molar-refractivity contribution < 1.29 is 4.79 Å². The third-order valence-electron chi connectivity index (χ3n) is 2.42. The second kappa shape index (κ2) is 6.30. The predicted molar refractivity (Wildman–Crippen MR) is 61.6 cm³/mol. The third-order valence-corrected chi connectivity index (χ3v) is 3.25. The molecule has 2 atom stereocenters. The molecular formula is C10H20N2OS. The van der Waals surface area contributed by atoms with E-state index >= 15 is 0 Å². The Kier molecular flexibility index (Phi) is 5.33. The van der Waals surface area contributed by atoms with E-state index in [1.54, 1.807) is 0 Å². The summed E-state index contributed by atoms with van der Waals surface area (Å²) in [5.41, 5.74) is 0. The largest absolute Gasteiger partial charge is 0.356 e. The van der Waals surface area contributed by atoms with Gasteiger partial charge in [-0.2, -0.15) is 11.8 Å². The van der Waals surface area contributed by atoms with Gasteiger partial charge in [0.15, 0.2) is 0 Å². The van der Waals surface area contributed by atoms with E-state index in [-0.39, 0.29) is 5.91 Å². The topological polar surface area (TPSA) is 41.1 Å². The van der Waals surface area contributed by atoms with Gasteiger partial charge in [0.2, 0.25) is 5.91 Å². The van der Waals surface area contributed by atoms with Crippen molar-refractivity contribution in [1.82, 2.24) is 10.6 Å². The quantitative estimate of drug-likeness (QED) is 0.736. The normalized spacial score (nSPS) is 25.3. The van der Waals surface area contributed by atoms with Gasteiger partial charge >= 0.3 is 0 Å². The average molecular weight is 216 g/mol. The maximum atomic E-state index is 11.3. The van der Waals surface area contributed by atoms with E-state index in [9.17, 15) is 4.79 Å². The first-order valence-electron chi connectivity index (χ1n) is 5.24. The highest BCUT2D eigenvalue weighted by Crippen LogP contribution is 2.08. The molecule has 0 aliphatic carbocycles. The summed E-state index contributed by atoms with van der Waals surface area (Å²) in [6, 6.07) is 0.876. The van der Waals surface area contributed by atoms with E-state index in [1.807, 2.05) is 11.8 Å². The fourth-order valence-electron chi connectivity index (χ4n) is 1.82. The Morgan fingerprint density at radius 2 is 2.50 bits per heavy atom. The Labute approximate surface area is 90.4 Å². The first kappa shape index (κ1) is 11.9. The molecule has 0 saturated carbocycles. The molecule has 0 bridgehead atoms. The van der Waals surface area contributed by atoms with Crippen LogP contribution in [0, 0.1) is 0 Å². The molecule has 0 radical (unpaired) electrons. The Morgan fingerprint density at radius 3 is 3.21 bits per heavy atom. The molecule has 2 N–H and O–H groups in total. The highest BCUT2D eigenvalue weighted by Gasteiger charge is 2.18. The molecule has 1 aliphatic rings. The molecular weight excluding hydrogens is 196 g/mol. The first-order valence-corrected chi connectivity index (χ1v) is 6.63. The fourth-order valence-corrected chi connectivity index (χ4v) is 2.41. The van der Waals surface area contributed by atoms with Crippen LogP contribution in [0.25, 0.3) is 0 Å². The molecule has 1 amide bonds. The molecule has 0 aromatic rings. The molecule has 3 nitrogen and oxygen atoms in total. The zero-order valence-electron chi connectivity index (χ0n) is 9.01. The molecule has 1 fully saturated rings. The van der Waals surface area contributed by atoms with Crippen LogP contribution in [-0.2, 0) is 4.79 Å². The van der Waals surface area contributed by atoms with Crippen LogP contribution in [0.1, 0.15) is 26.2 Å². The van der Waals surface area contributed by atoms with Crippen molar-refractivity contribution >= 4 is 17.7 Å². The van der Waals surface area contributed by atoms with Crippen molar-refractivity contribution in [3.8, 4) is 0 Å². The van der Waals surface area contributed by atoms with Gasteiger partial charge in [-0.15, -0.1) is 0 Å². The molecule has 1 aliphatic heterocycles. The average Bonchev–Trinajstić information content (AvgIpc) is 2.30. The van der Waals surface area contributed by atoms with Gasteiger partial charge < -0.3 is 10.6 Å². The monoisotopic (exact) mass is 216 g/mol. The lowest BCUT2D eigenvalue weighted by Crippen LogP contribution is -2.39. The van der Waals surface area contributed by atoms with Gasteiger partial charge in [0.1, 0.15) is 0 Å². The Balaban J connectivity index is 2.30. The molecule has 2 unspecified atom stereocenters. The minimum atomic E-state index is 0.191. The third kappa shape index (κ3) is 4.33. The van der Waals surface area contributed by atoms with Crippen molar-refractivity contribution in [2.45, 2.75) is 38.3 Å². The summed E-state index contributed by atoms with van der Waals surface area (Å²) < 4.78 is 0. The minimum absolute atomic E-state index is 0.191. The van der Waals surface area contributed by atoms with Gasteiger partial charge in [0, 0.05) is 30.8 Å². The minimum Gasteiger partial charge on any atom is -0.356 e. The fraction of sp³-hybridized carbons (Fsp3) is 0.900. The number of hydrogen-bond donors (Lipinski definition) is 2. The smallest absolute Gasteiger partial charge is 0.221 e. The van der Waals surface area contributed by atoms with E-state index in [0.29, 0.717) is 18.5 Å². The highest BCUT2D eigenvalue weighted by atomic mass is 32.2. The Bertz CT molecular complexity index is 187. The Hall–Kier alpha value is -0.220. The summed E-state index contributed by atoms with van der Waals surface area (Å²) in [5, 5.41) is 6.40. The molecule has 82 valence electrons. The predicted octanol–water partition coefficient (Wildman–Crippen LogP) is 0.996. The van der Waals surface area contributed by atoms with Crippen LogP contribution in [-0.4, -0.2) is 36.5 Å². The van der Waals surface area contributed by atoms with Crippen LogP contribution in [0.4, 0.5) is 0 Å². The van der Waals surface area contributed by atoms with Crippen molar-refractivity contribution in [3.05, 3.63) is 0 Å². The molecule has 0 aromatic heterocycles. The standard InChI is InChI=1S/C10H20N2OS/c1-8(7-14-2)12-9-4-3-5-11-10(13)6-9/h8-9,12H,3-7H2,1-2H3,(H,11,13). The van der Waals surface area contributed by atoms with E-state index in [1.165, 1.54) is 0 Å². The molecule has 4 heteroatoms. The van der Waals surface area contributed by atoms with Gasteiger partial charge in [-0.25, -0.2) is 0 Å². The zero-order valence-corrected chi connectivity index (χ0v) is 9.82. The zero-order chi connectivity index (χ0) is 10.4. The summed E-state index contributed by atoms with van der Waals surface area (Å²) in [6.45, 7) is 3.02. The summed E-state index contributed by atoms with van der Waals surface area (Å²) in [4.78, 5) is 11.3. The van der Waals surface area contributed by atoms with Crippen molar-refractivity contribution in [1.29, 1.82) is 0 Å². The number of nitrogens with one attached hydrogen (secondary N) is 2. The molecule has 1 rings (SSSR count). The summed E-state index contributed by atoms with van der Waals surface area (Å²) in [7, 11) is 0. The molecule has 14 heavy (non-hydrogen) atoms. The summed E-state index contributed by atoms with van der Waals surface area (Å²) >= 11 is 1.84. The van der Waals surface area contributed by atoms with Gasteiger partial charge in [-0.3, -0.25) is 4.79 Å². The second-order valence-electron chi connectivity index (χ2n) is 3.92. The van der Waals surface area contributed by atoms with E-state index in [2.05, 4.69) is 23.8 Å². The number of carbonyl (C=O) groups is 1. The molecule has 1 heterocycles. The summed E-state index contributed by atoms with van der Waals surface area (Å²) in [6.07, 6.45) is 4.95. The van der Waals surface area contributed by atoms with Crippen molar-refractivity contribution in [3.63, 3.8) is 0 Å². The van der Waals surface area contributed by atoms with Crippen LogP contribution < -0.4 is 10.6 Å². The van der Waals surface area contributed by atoms with Gasteiger partial charge in [0.05, 0.1) is 0 Å². The molecule has 1 saturated heterocycles. The number of thioether (sulfide) groups is 1. The summed E-state index contributed by atoms with van der Waals surface area (Å²) in [5.74, 6) is 1.30. The maximum Gasteiger partial charge on any atom is 0.221 e. The highest BCUT2D eigenvalue weighted by molar-refractivity contribution is 7.98. The van der Waals surface area contributed by atoms with Gasteiger partial charge in [0.25, 0.3) is 0 Å². The molecule has 0 aromatic carbocycles. The van der Waals surface area contributed by atoms with E-state index in [0.717, 1.165) is 25.1 Å². The van der Waals surface area contributed by atoms with Crippen LogP contribution in [0.5, 0.6) is 0 Å². The van der Waals surface area contributed by atoms with Crippen LogP contribution in [0.2, 0.25) is 0 Å². The van der Waals surface area contributed by atoms with Crippen LogP contribution in [0.15, 0.2) is 0 Å². The number of carbonyl (C=O) groups excluding carboxylic acids is 1. The Morgan fingerprint density at radius 1 is 1.71 bits per heavy atom. The lowest BCUT2D eigenvalue weighted by atomic mass is 10.1. The number of rotatable bonds is 4. The lowest BCUT2D eigenvalue weighted by molar-refractivity contribution is -0.121. The lowest BCUT2D eigenvalue weighted by Gasteiger charge is -2.20. The van der Waals surface area contributed by atoms with Crippen molar-refractivity contribution in [2.24, 2.45) is 0 Å². The van der Waals surface area contributed by atoms with Crippen LogP contribution >= 0.6 is 11.8 Å². The maximum absolute atomic E-state index is 11.3.